The molecule has 0 aliphatic carbocycles. The van der Waals surface area contributed by atoms with Gasteiger partial charge in [0.15, 0.2) is 0 Å². The number of hydrogen-bond acceptors (Lipinski definition) is 5. The van der Waals surface area contributed by atoms with Crippen molar-refractivity contribution in [3.8, 4) is 5.69 Å². The highest BCUT2D eigenvalue weighted by Gasteiger charge is 2.18. The van der Waals surface area contributed by atoms with Gasteiger partial charge in [-0.05, 0) is 66.7 Å². The van der Waals surface area contributed by atoms with E-state index in [0.717, 1.165) is 47.1 Å². The first-order chi connectivity index (χ1) is 16.2. The molecule has 8 nitrogen and oxygen atoms in total. The second-order valence-corrected chi connectivity index (χ2v) is 8.69. The van der Waals surface area contributed by atoms with Crippen molar-refractivity contribution in [2.75, 3.05) is 10.0 Å². The molecule has 3 aromatic carbocycles. The lowest BCUT2D eigenvalue weighted by Crippen LogP contribution is -2.25. The number of anilines is 2. The molecular formula is C23H16F2N4O4S. The Balaban J connectivity index is 1.60. The second-order valence-electron chi connectivity index (χ2n) is 7.00. The topological polar surface area (TPSA) is 110 Å². The van der Waals surface area contributed by atoms with E-state index < -0.39 is 33.1 Å². The lowest BCUT2D eigenvalue weighted by molar-refractivity contribution is 0.102. The Bertz CT molecular complexity index is 1520. The van der Waals surface area contributed by atoms with Crippen molar-refractivity contribution >= 4 is 27.3 Å². The van der Waals surface area contributed by atoms with Gasteiger partial charge >= 0.3 is 0 Å². The van der Waals surface area contributed by atoms with Crippen LogP contribution in [-0.2, 0) is 10.0 Å². The number of nitrogens with zero attached hydrogens (tertiary/aromatic N) is 2. The molecule has 11 heteroatoms. The molecular weight excluding hydrogens is 466 g/mol. The van der Waals surface area contributed by atoms with E-state index in [0.29, 0.717) is 0 Å². The van der Waals surface area contributed by atoms with Crippen molar-refractivity contribution in [1.82, 2.24) is 9.78 Å². The molecule has 4 aromatic rings. The maximum atomic E-state index is 13.2. The molecule has 1 amide bonds. The molecule has 172 valence electrons. The standard InChI is InChI=1S/C23H16F2N4O4S/c24-15-5-9-17(10-6-15)29-22(30)14-13-21(27-29)23(31)26-19-3-1-2-4-20(19)28-34(32,33)18-11-7-16(25)8-12-18/h1-14,28H,(H,26,31). The van der Waals surface area contributed by atoms with Gasteiger partial charge in [0.2, 0.25) is 0 Å². The zero-order valence-corrected chi connectivity index (χ0v) is 18.1. The zero-order valence-electron chi connectivity index (χ0n) is 17.3. The van der Waals surface area contributed by atoms with Crippen LogP contribution < -0.4 is 15.6 Å². The monoisotopic (exact) mass is 482 g/mol. The lowest BCUT2D eigenvalue weighted by atomic mass is 10.2. The minimum atomic E-state index is -4.06. The van der Waals surface area contributed by atoms with Gasteiger partial charge in [-0.1, -0.05) is 12.1 Å². The van der Waals surface area contributed by atoms with Crippen molar-refractivity contribution in [2.24, 2.45) is 0 Å². The summed E-state index contributed by atoms with van der Waals surface area (Å²) in [4.78, 5) is 24.8. The van der Waals surface area contributed by atoms with E-state index in [1.54, 1.807) is 12.1 Å². The maximum absolute atomic E-state index is 13.2. The normalized spacial score (nSPS) is 11.1. The number of amides is 1. The number of rotatable bonds is 6. The van der Waals surface area contributed by atoms with Crippen LogP contribution in [0.1, 0.15) is 10.5 Å². The smallest absolute Gasteiger partial charge is 0.276 e. The van der Waals surface area contributed by atoms with E-state index in [1.165, 1.54) is 30.3 Å². The fraction of sp³-hybridized carbons (Fsp3) is 0. The number of carbonyl (C=O) groups is 1. The molecule has 1 heterocycles. The molecule has 0 saturated carbocycles. The van der Waals surface area contributed by atoms with Crippen LogP contribution in [0.3, 0.4) is 0 Å². The zero-order chi connectivity index (χ0) is 24.3. The van der Waals surface area contributed by atoms with Crippen LogP contribution in [-0.4, -0.2) is 24.1 Å². The van der Waals surface area contributed by atoms with Crippen LogP contribution in [0.4, 0.5) is 20.2 Å². The molecule has 0 unspecified atom stereocenters. The highest BCUT2D eigenvalue weighted by atomic mass is 32.2. The molecule has 0 radical (unpaired) electrons. The van der Waals surface area contributed by atoms with E-state index in [2.05, 4.69) is 15.1 Å². The largest absolute Gasteiger partial charge is 0.319 e. The maximum Gasteiger partial charge on any atom is 0.276 e. The van der Waals surface area contributed by atoms with Crippen molar-refractivity contribution in [2.45, 2.75) is 4.90 Å². The lowest BCUT2D eigenvalue weighted by Gasteiger charge is -2.14. The van der Waals surface area contributed by atoms with Gasteiger partial charge in [0.1, 0.15) is 17.3 Å². The molecule has 2 N–H and O–H groups in total. The van der Waals surface area contributed by atoms with Gasteiger partial charge in [-0.2, -0.15) is 9.78 Å². The van der Waals surface area contributed by atoms with E-state index in [1.807, 2.05) is 0 Å². The van der Waals surface area contributed by atoms with Crippen LogP contribution in [0.2, 0.25) is 0 Å². The van der Waals surface area contributed by atoms with Crippen LogP contribution in [0.25, 0.3) is 5.69 Å². The summed E-state index contributed by atoms with van der Waals surface area (Å²) in [5.74, 6) is -1.80. The van der Waals surface area contributed by atoms with Gasteiger partial charge in [-0.25, -0.2) is 17.2 Å². The number of carbonyl (C=O) groups excluding carboxylic acids is 1. The Labute approximate surface area is 192 Å². The van der Waals surface area contributed by atoms with Gasteiger partial charge in [0, 0.05) is 6.07 Å². The number of nitrogens with one attached hydrogen (secondary N) is 2. The van der Waals surface area contributed by atoms with Crippen LogP contribution in [0, 0.1) is 11.6 Å². The van der Waals surface area contributed by atoms with E-state index in [-0.39, 0.29) is 27.7 Å². The molecule has 0 spiro atoms. The number of sulfonamides is 1. The summed E-state index contributed by atoms with van der Waals surface area (Å²) in [6, 6.07) is 17.6. The third-order valence-electron chi connectivity index (χ3n) is 4.65. The first-order valence-corrected chi connectivity index (χ1v) is 11.3. The Morgan fingerprint density at radius 1 is 0.794 bits per heavy atom. The molecule has 0 atom stereocenters. The molecule has 0 saturated heterocycles. The molecule has 4 rings (SSSR count). The van der Waals surface area contributed by atoms with Crippen LogP contribution >= 0.6 is 0 Å². The summed E-state index contributed by atoms with van der Waals surface area (Å²) in [6.45, 7) is 0. The summed E-state index contributed by atoms with van der Waals surface area (Å²) in [6.07, 6.45) is 0. The van der Waals surface area contributed by atoms with Crippen molar-refractivity contribution in [3.05, 3.63) is 113 Å². The van der Waals surface area contributed by atoms with Crippen molar-refractivity contribution < 1.29 is 22.0 Å². The Morgan fingerprint density at radius 3 is 2.03 bits per heavy atom. The summed E-state index contributed by atoms with van der Waals surface area (Å²) < 4.78 is 55.0. The van der Waals surface area contributed by atoms with Gasteiger partial charge in [0.25, 0.3) is 21.5 Å². The van der Waals surface area contributed by atoms with Crippen molar-refractivity contribution in [1.29, 1.82) is 0 Å². The van der Waals surface area contributed by atoms with E-state index in [4.69, 9.17) is 0 Å². The SMILES string of the molecule is O=C(Nc1ccccc1NS(=O)(=O)c1ccc(F)cc1)c1ccc(=O)n(-c2ccc(F)cc2)n1. The van der Waals surface area contributed by atoms with Gasteiger partial charge in [-0.15, -0.1) is 0 Å². The highest BCUT2D eigenvalue weighted by Crippen LogP contribution is 2.25. The number of aromatic nitrogens is 2. The van der Waals surface area contributed by atoms with Gasteiger partial charge < -0.3 is 5.32 Å². The van der Waals surface area contributed by atoms with Gasteiger partial charge in [0.05, 0.1) is 22.0 Å². The molecule has 0 aliphatic rings. The number of para-hydroxylation sites is 2. The second kappa shape index (κ2) is 9.24. The minimum absolute atomic E-state index is 0.0621. The number of hydrogen-bond donors (Lipinski definition) is 2. The summed E-state index contributed by atoms with van der Waals surface area (Å²) in [7, 11) is -4.06. The molecule has 0 bridgehead atoms. The average Bonchev–Trinajstić information content (AvgIpc) is 2.81. The number of halogens is 2. The molecule has 1 aromatic heterocycles. The fourth-order valence-electron chi connectivity index (χ4n) is 2.98. The summed E-state index contributed by atoms with van der Waals surface area (Å²) in [5.41, 5.74) is -0.226. The quantitative estimate of drug-likeness (QED) is 0.437. The number of benzene rings is 3. The van der Waals surface area contributed by atoms with E-state index in [9.17, 15) is 26.8 Å². The molecule has 34 heavy (non-hydrogen) atoms. The summed E-state index contributed by atoms with van der Waals surface area (Å²) >= 11 is 0. The average molecular weight is 482 g/mol. The first kappa shape index (κ1) is 22.8. The Kier molecular flexibility index (Phi) is 6.19. The summed E-state index contributed by atoms with van der Waals surface area (Å²) in [5, 5.41) is 6.58. The first-order valence-electron chi connectivity index (χ1n) is 9.78. The third kappa shape index (κ3) is 4.99. The Morgan fingerprint density at radius 2 is 1.38 bits per heavy atom. The highest BCUT2D eigenvalue weighted by molar-refractivity contribution is 7.92. The third-order valence-corrected chi connectivity index (χ3v) is 6.03. The van der Waals surface area contributed by atoms with Crippen molar-refractivity contribution in [3.63, 3.8) is 0 Å². The molecule has 0 fully saturated rings. The predicted molar refractivity (Wildman–Crippen MR) is 121 cm³/mol. The van der Waals surface area contributed by atoms with E-state index >= 15 is 0 Å². The fourth-order valence-corrected chi connectivity index (χ4v) is 4.06. The van der Waals surface area contributed by atoms with Crippen LogP contribution in [0.5, 0.6) is 0 Å². The molecule has 0 aliphatic heterocycles. The van der Waals surface area contributed by atoms with Crippen LogP contribution in [0.15, 0.2) is 94.6 Å². The van der Waals surface area contributed by atoms with Gasteiger partial charge in [-0.3, -0.25) is 14.3 Å². The Hall–Kier alpha value is -4.38. The minimum Gasteiger partial charge on any atom is -0.319 e. The predicted octanol–water partition coefficient (Wildman–Crippen LogP) is 3.56.